The minimum Gasteiger partial charge on any atom is -0.348 e. The van der Waals surface area contributed by atoms with Gasteiger partial charge in [-0.25, -0.2) is 4.98 Å². The van der Waals surface area contributed by atoms with Crippen molar-refractivity contribution in [3.05, 3.63) is 53.1 Å². The second-order valence-electron chi connectivity index (χ2n) is 5.40. The summed E-state index contributed by atoms with van der Waals surface area (Å²) < 4.78 is 0. The molecule has 1 aromatic heterocycles. The lowest BCUT2D eigenvalue weighted by molar-refractivity contribution is 0.335. The quantitative estimate of drug-likeness (QED) is 0.847. The van der Waals surface area contributed by atoms with Crippen LogP contribution in [0.4, 0.5) is 0 Å². The minimum atomic E-state index is -0.0527. The predicted octanol–water partition coefficient (Wildman–Crippen LogP) is 2.32. The van der Waals surface area contributed by atoms with Crippen molar-refractivity contribution in [1.82, 2.24) is 15.3 Å². The highest BCUT2D eigenvalue weighted by atomic mass is 15.1. The van der Waals surface area contributed by atoms with E-state index in [-0.39, 0.29) is 5.54 Å². The van der Waals surface area contributed by atoms with Gasteiger partial charge in [0.15, 0.2) is 0 Å². The Morgan fingerprint density at radius 1 is 1.28 bits per heavy atom. The SMILES string of the molecule is Cc1ccc(CC2(C)NCCc3[nH]cnc32)cc1. The van der Waals surface area contributed by atoms with Gasteiger partial charge in [0.25, 0.3) is 0 Å². The van der Waals surface area contributed by atoms with Crippen molar-refractivity contribution in [2.75, 3.05) is 6.54 Å². The fraction of sp³-hybridized carbons (Fsp3) is 0.400. The number of rotatable bonds is 2. The number of aryl methyl sites for hydroxylation is 1. The van der Waals surface area contributed by atoms with Crippen LogP contribution < -0.4 is 5.32 Å². The third-order valence-corrected chi connectivity index (χ3v) is 3.81. The molecule has 2 heterocycles. The van der Waals surface area contributed by atoms with Crippen molar-refractivity contribution in [3.63, 3.8) is 0 Å². The molecule has 0 saturated carbocycles. The number of H-pyrrole nitrogens is 1. The van der Waals surface area contributed by atoms with E-state index in [1.54, 1.807) is 0 Å². The van der Waals surface area contributed by atoms with Crippen LogP contribution in [-0.4, -0.2) is 16.5 Å². The summed E-state index contributed by atoms with van der Waals surface area (Å²) in [6.45, 7) is 5.37. The fourth-order valence-corrected chi connectivity index (χ4v) is 2.79. The number of aromatic amines is 1. The molecule has 2 N–H and O–H groups in total. The first-order valence-electron chi connectivity index (χ1n) is 6.51. The summed E-state index contributed by atoms with van der Waals surface area (Å²) in [6, 6.07) is 8.77. The Kier molecular flexibility index (Phi) is 2.71. The van der Waals surface area contributed by atoms with E-state index < -0.39 is 0 Å². The Labute approximate surface area is 108 Å². The van der Waals surface area contributed by atoms with Crippen LogP contribution in [0.5, 0.6) is 0 Å². The molecule has 1 aliphatic heterocycles. The molecule has 0 bridgehead atoms. The van der Waals surface area contributed by atoms with Crippen molar-refractivity contribution < 1.29 is 0 Å². The lowest BCUT2D eigenvalue weighted by Gasteiger charge is -2.34. The summed E-state index contributed by atoms with van der Waals surface area (Å²) in [5, 5.41) is 3.62. The molecule has 3 rings (SSSR count). The molecule has 0 amide bonds. The van der Waals surface area contributed by atoms with E-state index in [0.29, 0.717) is 0 Å². The number of imidazole rings is 1. The van der Waals surface area contributed by atoms with Crippen molar-refractivity contribution >= 4 is 0 Å². The summed E-state index contributed by atoms with van der Waals surface area (Å²) in [5.41, 5.74) is 5.06. The molecule has 0 spiro atoms. The molecule has 0 aliphatic carbocycles. The third-order valence-electron chi connectivity index (χ3n) is 3.81. The van der Waals surface area contributed by atoms with Crippen LogP contribution in [0.3, 0.4) is 0 Å². The molecular weight excluding hydrogens is 222 g/mol. The van der Waals surface area contributed by atoms with Gasteiger partial charge in [0.1, 0.15) is 0 Å². The van der Waals surface area contributed by atoms with E-state index in [2.05, 4.69) is 53.4 Å². The molecule has 1 atom stereocenters. The molecule has 1 aliphatic rings. The lowest BCUT2D eigenvalue weighted by Crippen LogP contribution is -2.46. The number of nitrogens with one attached hydrogen (secondary N) is 2. The Bertz CT molecular complexity index is 541. The molecule has 18 heavy (non-hydrogen) atoms. The summed E-state index contributed by atoms with van der Waals surface area (Å²) in [4.78, 5) is 7.76. The van der Waals surface area contributed by atoms with Gasteiger partial charge in [0, 0.05) is 18.7 Å². The molecule has 1 unspecified atom stereocenters. The average Bonchev–Trinajstić information content (AvgIpc) is 2.82. The summed E-state index contributed by atoms with van der Waals surface area (Å²) in [6.07, 6.45) is 3.83. The van der Waals surface area contributed by atoms with Gasteiger partial charge < -0.3 is 10.3 Å². The van der Waals surface area contributed by atoms with Gasteiger partial charge in [-0.2, -0.15) is 0 Å². The first-order valence-corrected chi connectivity index (χ1v) is 6.51. The second kappa shape index (κ2) is 4.25. The van der Waals surface area contributed by atoms with E-state index in [0.717, 1.165) is 19.4 Å². The van der Waals surface area contributed by atoms with Crippen LogP contribution in [0, 0.1) is 6.92 Å². The number of fused-ring (bicyclic) bond motifs is 1. The first kappa shape index (κ1) is 11.5. The zero-order valence-corrected chi connectivity index (χ0v) is 11.0. The van der Waals surface area contributed by atoms with Gasteiger partial charge in [-0.15, -0.1) is 0 Å². The van der Waals surface area contributed by atoms with Gasteiger partial charge in [-0.3, -0.25) is 0 Å². The van der Waals surface area contributed by atoms with Crippen LogP contribution in [-0.2, 0) is 18.4 Å². The van der Waals surface area contributed by atoms with E-state index in [1.165, 1.54) is 22.5 Å². The van der Waals surface area contributed by atoms with Crippen molar-refractivity contribution in [1.29, 1.82) is 0 Å². The highest BCUT2D eigenvalue weighted by Crippen LogP contribution is 2.29. The average molecular weight is 241 g/mol. The molecule has 0 saturated heterocycles. The Hall–Kier alpha value is -1.61. The molecule has 3 heteroatoms. The Morgan fingerprint density at radius 3 is 2.83 bits per heavy atom. The largest absolute Gasteiger partial charge is 0.348 e. The molecule has 94 valence electrons. The number of nitrogens with zero attached hydrogens (tertiary/aromatic N) is 1. The van der Waals surface area contributed by atoms with Crippen LogP contribution in [0.25, 0.3) is 0 Å². The molecule has 0 radical (unpaired) electrons. The summed E-state index contributed by atoms with van der Waals surface area (Å²) >= 11 is 0. The highest BCUT2D eigenvalue weighted by molar-refractivity contribution is 5.30. The maximum Gasteiger partial charge on any atom is 0.0926 e. The van der Waals surface area contributed by atoms with E-state index >= 15 is 0 Å². The fourth-order valence-electron chi connectivity index (χ4n) is 2.79. The van der Waals surface area contributed by atoms with Gasteiger partial charge in [0.05, 0.1) is 17.6 Å². The number of benzene rings is 1. The van der Waals surface area contributed by atoms with Crippen LogP contribution >= 0.6 is 0 Å². The Balaban J connectivity index is 1.91. The van der Waals surface area contributed by atoms with Gasteiger partial charge in [0.2, 0.25) is 0 Å². The zero-order valence-electron chi connectivity index (χ0n) is 11.0. The standard InChI is InChI=1S/C15H19N3/c1-11-3-5-12(6-4-11)9-15(2)14-13(7-8-18-15)16-10-17-14/h3-6,10,18H,7-9H2,1-2H3,(H,16,17). The predicted molar refractivity (Wildman–Crippen MR) is 72.5 cm³/mol. The minimum absolute atomic E-state index is 0.0527. The maximum absolute atomic E-state index is 4.51. The monoisotopic (exact) mass is 241 g/mol. The van der Waals surface area contributed by atoms with Gasteiger partial charge >= 0.3 is 0 Å². The number of hydrogen-bond acceptors (Lipinski definition) is 2. The topological polar surface area (TPSA) is 40.7 Å². The lowest BCUT2D eigenvalue weighted by atomic mass is 9.85. The van der Waals surface area contributed by atoms with E-state index in [9.17, 15) is 0 Å². The third kappa shape index (κ3) is 1.95. The first-order chi connectivity index (χ1) is 8.67. The molecular formula is C15H19N3. The summed E-state index contributed by atoms with van der Waals surface area (Å²) in [7, 11) is 0. The molecule has 3 nitrogen and oxygen atoms in total. The van der Waals surface area contributed by atoms with Crippen molar-refractivity contribution in [2.24, 2.45) is 0 Å². The highest BCUT2D eigenvalue weighted by Gasteiger charge is 2.33. The smallest absolute Gasteiger partial charge is 0.0926 e. The molecule has 0 fully saturated rings. The van der Waals surface area contributed by atoms with E-state index in [4.69, 9.17) is 0 Å². The van der Waals surface area contributed by atoms with Crippen LogP contribution in [0.1, 0.15) is 29.4 Å². The summed E-state index contributed by atoms with van der Waals surface area (Å²) in [5.74, 6) is 0. The number of hydrogen-bond donors (Lipinski definition) is 2. The normalized spacial score (nSPS) is 22.8. The van der Waals surface area contributed by atoms with E-state index in [1.807, 2.05) is 6.33 Å². The van der Waals surface area contributed by atoms with Gasteiger partial charge in [-0.1, -0.05) is 29.8 Å². The zero-order chi connectivity index (χ0) is 12.6. The number of aromatic nitrogens is 2. The molecule has 2 aromatic rings. The maximum atomic E-state index is 4.51. The Morgan fingerprint density at radius 2 is 2.06 bits per heavy atom. The second-order valence-corrected chi connectivity index (χ2v) is 5.40. The van der Waals surface area contributed by atoms with Gasteiger partial charge in [-0.05, 0) is 25.8 Å². The van der Waals surface area contributed by atoms with Crippen LogP contribution in [0.2, 0.25) is 0 Å². The molecule has 1 aromatic carbocycles. The van der Waals surface area contributed by atoms with Crippen LogP contribution in [0.15, 0.2) is 30.6 Å². The van der Waals surface area contributed by atoms with Crippen molar-refractivity contribution in [3.8, 4) is 0 Å². The van der Waals surface area contributed by atoms with Crippen molar-refractivity contribution in [2.45, 2.75) is 32.2 Å².